The van der Waals surface area contributed by atoms with Crippen molar-refractivity contribution in [1.82, 2.24) is 20.8 Å². The Morgan fingerprint density at radius 2 is 1.43 bits per heavy atom. The molecule has 0 bridgehead atoms. The van der Waals surface area contributed by atoms with Crippen LogP contribution in [0.3, 0.4) is 0 Å². The summed E-state index contributed by atoms with van der Waals surface area (Å²) < 4.78 is 5.92. The number of carbonyl (C=O) groups excluding carboxylic acids is 3. The molecule has 0 spiro atoms. The quantitative estimate of drug-likeness (QED) is 0.301. The molecule has 202 valence electrons. The number of hydrogen-bond donors (Lipinski definition) is 2. The molecule has 9 heteroatoms. The summed E-state index contributed by atoms with van der Waals surface area (Å²) in [5.74, 6) is -2.39. The smallest absolute Gasteiger partial charge is 0.335 e. The highest BCUT2D eigenvalue weighted by atomic mass is 16.7. The molecule has 1 aliphatic carbocycles. The fourth-order valence-corrected chi connectivity index (χ4v) is 4.20. The van der Waals surface area contributed by atoms with Gasteiger partial charge in [0.05, 0.1) is 12.0 Å². The van der Waals surface area contributed by atoms with Crippen LogP contribution in [-0.4, -0.2) is 27.8 Å². The van der Waals surface area contributed by atoms with Crippen LogP contribution >= 0.6 is 0 Å². The third-order valence-electron chi connectivity index (χ3n) is 6.64. The van der Waals surface area contributed by atoms with Gasteiger partial charge >= 0.3 is 11.9 Å². The van der Waals surface area contributed by atoms with Gasteiger partial charge in [-0.25, -0.2) is 9.78 Å². The SMILES string of the molecule is O=C(NOC(=O)C1CCC1)c1ncc(C(=O)NC(c2ccccc2)c2ccccc2)c(OCc2ccccc2)n1. The second-order valence-corrected chi connectivity index (χ2v) is 9.39. The standard InChI is InChI=1S/C31H28N4O5/c36-28(33-26(22-13-6-2-7-14-22)23-15-8-3-9-16-23)25-19-32-27(29(37)35-40-31(38)24-17-10-18-24)34-30(25)39-20-21-11-4-1-5-12-21/h1-9,11-16,19,24,26H,10,17-18,20H2,(H,33,36)(H,35,37). The first-order valence-corrected chi connectivity index (χ1v) is 13.0. The van der Waals surface area contributed by atoms with E-state index in [1.807, 2.05) is 91.0 Å². The van der Waals surface area contributed by atoms with Crippen LogP contribution in [0.4, 0.5) is 0 Å². The second-order valence-electron chi connectivity index (χ2n) is 9.39. The van der Waals surface area contributed by atoms with Gasteiger partial charge in [-0.3, -0.25) is 9.59 Å². The Bertz CT molecular complexity index is 1420. The van der Waals surface area contributed by atoms with Gasteiger partial charge < -0.3 is 14.9 Å². The average molecular weight is 537 g/mol. The molecule has 0 saturated heterocycles. The minimum atomic E-state index is -0.823. The number of nitrogens with zero attached hydrogens (tertiary/aromatic N) is 2. The minimum absolute atomic E-state index is 0.0517. The van der Waals surface area contributed by atoms with Gasteiger partial charge in [-0.05, 0) is 29.5 Å². The summed E-state index contributed by atoms with van der Waals surface area (Å²) in [5.41, 5.74) is 4.78. The van der Waals surface area contributed by atoms with E-state index in [2.05, 4.69) is 20.8 Å². The normalized spacial score (nSPS) is 12.7. The summed E-state index contributed by atoms with van der Waals surface area (Å²) in [7, 11) is 0. The maximum absolute atomic E-state index is 13.6. The van der Waals surface area contributed by atoms with Crippen molar-refractivity contribution < 1.29 is 24.0 Å². The predicted octanol–water partition coefficient (Wildman–Crippen LogP) is 4.56. The van der Waals surface area contributed by atoms with Gasteiger partial charge in [0.25, 0.3) is 5.91 Å². The Morgan fingerprint density at radius 3 is 2.00 bits per heavy atom. The Hall–Kier alpha value is -5.05. The number of amides is 2. The molecule has 0 unspecified atom stereocenters. The van der Waals surface area contributed by atoms with Crippen molar-refractivity contribution in [2.45, 2.75) is 31.9 Å². The number of nitrogens with one attached hydrogen (secondary N) is 2. The summed E-state index contributed by atoms with van der Waals surface area (Å²) in [5, 5.41) is 3.05. The minimum Gasteiger partial charge on any atom is -0.472 e. The molecular formula is C31H28N4O5. The number of hydroxylamine groups is 1. The number of hydrogen-bond acceptors (Lipinski definition) is 7. The molecule has 2 amide bonds. The van der Waals surface area contributed by atoms with Crippen molar-refractivity contribution in [3.05, 3.63) is 125 Å². The maximum atomic E-state index is 13.6. The first-order chi connectivity index (χ1) is 19.6. The molecular weight excluding hydrogens is 508 g/mol. The Kier molecular flexibility index (Phi) is 8.41. The number of carbonyl (C=O) groups is 3. The lowest BCUT2D eigenvalue weighted by Gasteiger charge is -2.22. The second kappa shape index (κ2) is 12.7. The predicted molar refractivity (Wildman–Crippen MR) is 146 cm³/mol. The molecule has 5 rings (SSSR count). The molecule has 1 aliphatic rings. The summed E-state index contributed by atoms with van der Waals surface area (Å²) in [4.78, 5) is 51.5. The van der Waals surface area contributed by atoms with E-state index >= 15 is 0 Å². The molecule has 1 heterocycles. The van der Waals surface area contributed by atoms with Crippen molar-refractivity contribution >= 4 is 17.8 Å². The van der Waals surface area contributed by atoms with Gasteiger partial charge in [0, 0.05) is 6.20 Å². The number of rotatable bonds is 9. The fourth-order valence-electron chi connectivity index (χ4n) is 4.20. The summed E-state index contributed by atoms with van der Waals surface area (Å²) in [6, 6.07) is 28.1. The third-order valence-corrected chi connectivity index (χ3v) is 6.64. The molecule has 1 saturated carbocycles. The topological polar surface area (TPSA) is 120 Å². The molecule has 0 radical (unpaired) electrons. The van der Waals surface area contributed by atoms with E-state index in [1.165, 1.54) is 6.20 Å². The highest BCUT2D eigenvalue weighted by Gasteiger charge is 2.28. The van der Waals surface area contributed by atoms with Gasteiger partial charge in [0.1, 0.15) is 12.2 Å². The van der Waals surface area contributed by atoms with E-state index in [0.29, 0.717) is 0 Å². The lowest BCUT2D eigenvalue weighted by Crippen LogP contribution is -2.34. The summed E-state index contributed by atoms with van der Waals surface area (Å²) in [6.07, 6.45) is 3.66. The zero-order valence-electron chi connectivity index (χ0n) is 21.7. The number of aromatic nitrogens is 2. The van der Waals surface area contributed by atoms with Crippen LogP contribution in [0, 0.1) is 5.92 Å². The van der Waals surface area contributed by atoms with E-state index in [4.69, 9.17) is 9.57 Å². The van der Waals surface area contributed by atoms with Gasteiger partial charge in [-0.1, -0.05) is 97.4 Å². The van der Waals surface area contributed by atoms with Gasteiger partial charge in [0.2, 0.25) is 11.7 Å². The van der Waals surface area contributed by atoms with Crippen molar-refractivity contribution in [2.75, 3.05) is 0 Å². The summed E-state index contributed by atoms with van der Waals surface area (Å²) >= 11 is 0. The van der Waals surface area contributed by atoms with Gasteiger partial charge in [0.15, 0.2) is 0 Å². The summed E-state index contributed by atoms with van der Waals surface area (Å²) in [6.45, 7) is 0.108. The third kappa shape index (κ3) is 6.50. The molecule has 2 N–H and O–H groups in total. The zero-order valence-corrected chi connectivity index (χ0v) is 21.7. The largest absolute Gasteiger partial charge is 0.472 e. The average Bonchev–Trinajstić information content (AvgIpc) is 2.98. The van der Waals surface area contributed by atoms with Crippen molar-refractivity contribution in [3.63, 3.8) is 0 Å². The molecule has 1 fully saturated rings. The molecule has 3 aromatic carbocycles. The lowest BCUT2D eigenvalue weighted by molar-refractivity contribution is -0.156. The van der Waals surface area contributed by atoms with Crippen molar-refractivity contribution in [3.8, 4) is 5.88 Å². The fraction of sp³-hybridized carbons (Fsp3) is 0.194. The van der Waals surface area contributed by atoms with Crippen molar-refractivity contribution in [2.24, 2.45) is 5.92 Å². The van der Waals surface area contributed by atoms with Crippen LogP contribution in [0.1, 0.15) is 63.0 Å². The van der Waals surface area contributed by atoms with Crippen LogP contribution in [0.15, 0.2) is 97.2 Å². The molecule has 9 nitrogen and oxygen atoms in total. The Labute approximate surface area is 231 Å². The van der Waals surface area contributed by atoms with Crippen molar-refractivity contribution in [1.29, 1.82) is 0 Å². The van der Waals surface area contributed by atoms with Crippen LogP contribution in [-0.2, 0) is 16.2 Å². The van der Waals surface area contributed by atoms with E-state index in [9.17, 15) is 14.4 Å². The first-order valence-electron chi connectivity index (χ1n) is 13.0. The number of benzene rings is 3. The van der Waals surface area contributed by atoms with Crippen LogP contribution in [0.25, 0.3) is 0 Å². The van der Waals surface area contributed by atoms with Crippen LogP contribution < -0.4 is 15.5 Å². The van der Waals surface area contributed by atoms with E-state index in [0.717, 1.165) is 36.0 Å². The first kappa shape index (κ1) is 26.6. The van der Waals surface area contributed by atoms with E-state index in [-0.39, 0.29) is 29.8 Å². The molecule has 40 heavy (non-hydrogen) atoms. The highest BCUT2D eigenvalue weighted by Crippen LogP contribution is 2.27. The van der Waals surface area contributed by atoms with Gasteiger partial charge in [-0.2, -0.15) is 10.5 Å². The van der Waals surface area contributed by atoms with Crippen LogP contribution in [0.2, 0.25) is 0 Å². The van der Waals surface area contributed by atoms with Gasteiger partial charge in [-0.15, -0.1) is 0 Å². The molecule has 4 aromatic rings. The molecule has 0 aliphatic heterocycles. The lowest BCUT2D eigenvalue weighted by atomic mass is 9.86. The Balaban J connectivity index is 1.39. The van der Waals surface area contributed by atoms with E-state index < -0.39 is 23.8 Å². The number of ether oxygens (including phenoxy) is 1. The molecule has 1 aromatic heterocycles. The maximum Gasteiger partial charge on any atom is 0.335 e. The zero-order chi connectivity index (χ0) is 27.7. The molecule has 0 atom stereocenters. The van der Waals surface area contributed by atoms with Crippen LogP contribution in [0.5, 0.6) is 5.88 Å². The highest BCUT2D eigenvalue weighted by molar-refractivity contribution is 5.97. The monoisotopic (exact) mass is 536 g/mol. The van der Waals surface area contributed by atoms with E-state index in [1.54, 1.807) is 0 Å². The Morgan fingerprint density at radius 1 is 0.825 bits per heavy atom.